The Morgan fingerprint density at radius 1 is 0.942 bits per heavy atom. The van der Waals surface area contributed by atoms with E-state index in [4.69, 9.17) is 14.0 Å². The molecular weight excluding hydrogens is 691 g/mol. The molecule has 0 saturated carbocycles. The molecule has 11 nitrogen and oxygen atoms in total. The third-order valence-corrected chi connectivity index (χ3v) is 8.67. The Hall–Kier alpha value is -3.61. The van der Waals surface area contributed by atoms with Crippen LogP contribution in [0.15, 0.2) is 90.0 Å². The number of alkyl halides is 2. The number of allylic oxidation sites excluding steroid dienone is 12. The summed E-state index contributed by atoms with van der Waals surface area (Å²) in [4.78, 5) is 40.1. The minimum Gasteiger partial charge on any atom is -0.465 e. The van der Waals surface area contributed by atoms with Crippen molar-refractivity contribution in [2.24, 2.45) is 0 Å². The average Bonchev–Trinajstić information content (AvgIpc) is 3.41. The van der Waals surface area contributed by atoms with Crippen molar-refractivity contribution in [3.63, 3.8) is 0 Å². The van der Waals surface area contributed by atoms with Crippen LogP contribution in [0.5, 0.6) is 0 Å². The van der Waals surface area contributed by atoms with Gasteiger partial charge in [0.2, 0.25) is 12.1 Å². The van der Waals surface area contributed by atoms with Crippen LogP contribution in [0.4, 0.5) is 8.78 Å². The average molecular weight is 748 g/mol. The van der Waals surface area contributed by atoms with Crippen LogP contribution < -0.4 is 21.2 Å². The lowest BCUT2D eigenvalue weighted by Crippen LogP contribution is -2.35. The number of hydrogen-bond donors (Lipinski definition) is 3. The lowest BCUT2D eigenvalue weighted by molar-refractivity contribution is -0.141. The molecule has 0 spiro atoms. The Balaban J connectivity index is 1.64. The van der Waals surface area contributed by atoms with E-state index in [0.29, 0.717) is 25.1 Å². The van der Waals surface area contributed by atoms with Gasteiger partial charge in [0.05, 0.1) is 19.3 Å². The number of esters is 1. The predicted octanol–water partition coefficient (Wildman–Crippen LogP) is 7.05. The third-order valence-electron chi connectivity index (χ3n) is 7.30. The summed E-state index contributed by atoms with van der Waals surface area (Å²) in [6.07, 6.45) is 30.0. The SMILES string of the molecule is CC/C=C\C/C=C\C/C=C\C/C=C\C/C=C\C/C=C\CCC(=O)NCCNP(NCC(=O)OCC)OCC1CC(F)(F)C(n2ccc(C)nc2=O)O1. The minimum absolute atomic E-state index is 0.112. The normalized spacial score (nSPS) is 18.2. The molecule has 288 valence electrons. The highest BCUT2D eigenvalue weighted by Crippen LogP contribution is 2.42. The van der Waals surface area contributed by atoms with Crippen LogP contribution >= 0.6 is 8.45 Å². The van der Waals surface area contributed by atoms with Gasteiger partial charge in [0.15, 0.2) is 8.45 Å². The number of halogens is 2. The largest absolute Gasteiger partial charge is 0.465 e. The van der Waals surface area contributed by atoms with Crippen molar-refractivity contribution in [3.05, 3.63) is 101 Å². The zero-order valence-electron chi connectivity index (χ0n) is 30.7. The van der Waals surface area contributed by atoms with Crippen molar-refractivity contribution in [1.82, 2.24) is 25.0 Å². The van der Waals surface area contributed by atoms with Crippen molar-refractivity contribution < 1.29 is 32.4 Å². The summed E-state index contributed by atoms with van der Waals surface area (Å²) in [7, 11) is -1.68. The van der Waals surface area contributed by atoms with Crippen molar-refractivity contribution in [1.29, 1.82) is 0 Å². The molecule has 1 aliphatic heterocycles. The van der Waals surface area contributed by atoms with Gasteiger partial charge in [-0.2, -0.15) is 4.98 Å². The molecule has 2 rings (SSSR count). The Bertz CT molecular complexity index is 1430. The quantitative estimate of drug-likeness (QED) is 0.0395. The topological polar surface area (TPSA) is 133 Å². The number of aromatic nitrogens is 2. The summed E-state index contributed by atoms with van der Waals surface area (Å²) < 4.78 is 46.6. The predicted molar refractivity (Wildman–Crippen MR) is 203 cm³/mol. The van der Waals surface area contributed by atoms with Gasteiger partial charge in [0.1, 0.15) is 6.54 Å². The van der Waals surface area contributed by atoms with Crippen molar-refractivity contribution >= 4 is 20.3 Å². The van der Waals surface area contributed by atoms with Crippen LogP contribution in [0.3, 0.4) is 0 Å². The third kappa shape index (κ3) is 19.8. The Labute approximate surface area is 308 Å². The van der Waals surface area contributed by atoms with Crippen molar-refractivity contribution in [2.75, 3.05) is 32.8 Å². The number of hydrogen-bond acceptors (Lipinski definition) is 9. The standard InChI is InChI=1S/C38H56F2N5O6P/c1-4-6-7-8-9-10-11-12-13-14-15-16-17-18-19-20-21-22-23-24-34(46)41-26-27-42-52(43-30-35(47)49-5-2)50-31-33-29-38(39,40)36(51-33)45-28-25-32(3)44-37(45)48/h6-7,9-10,12-13,15-16,18-19,21-22,25,28,33,36,42-43H,4-5,8,11,14,17,20,23-24,26-27,29-31H2,1-3H3,(H,41,46)/b7-6-,10-9-,13-12-,16-15-,19-18-,22-21-. The fourth-order valence-electron chi connectivity index (χ4n) is 4.73. The number of amides is 1. The first-order chi connectivity index (χ1) is 25.2. The van der Waals surface area contributed by atoms with Gasteiger partial charge in [-0.3, -0.25) is 19.2 Å². The summed E-state index contributed by atoms with van der Waals surface area (Å²) in [5.41, 5.74) is -0.418. The second kappa shape index (κ2) is 27.1. The zero-order valence-corrected chi connectivity index (χ0v) is 31.6. The van der Waals surface area contributed by atoms with E-state index in [2.05, 4.69) is 88.2 Å². The molecule has 3 unspecified atom stereocenters. The molecule has 1 fully saturated rings. The number of nitrogens with one attached hydrogen (secondary N) is 3. The molecule has 14 heteroatoms. The molecule has 1 aliphatic rings. The molecular formula is C38H56F2N5O6P. The second-order valence-corrected chi connectivity index (χ2v) is 13.3. The molecule has 3 N–H and O–H groups in total. The fraction of sp³-hybridized carbons (Fsp3) is 0.526. The molecule has 52 heavy (non-hydrogen) atoms. The summed E-state index contributed by atoms with van der Waals surface area (Å²) >= 11 is 0. The van der Waals surface area contributed by atoms with Gasteiger partial charge in [-0.1, -0.05) is 79.8 Å². The molecule has 0 aliphatic carbocycles. The highest BCUT2D eigenvalue weighted by atomic mass is 31.2. The van der Waals surface area contributed by atoms with Crippen LogP contribution in [-0.2, 0) is 23.6 Å². The zero-order chi connectivity index (χ0) is 37.9. The smallest absolute Gasteiger partial charge is 0.350 e. The van der Waals surface area contributed by atoms with Gasteiger partial charge in [-0.05, 0) is 64.9 Å². The number of carbonyl (C=O) groups is 2. The number of carbonyl (C=O) groups excluding carboxylic acids is 2. The number of rotatable bonds is 26. The first-order valence-corrected chi connectivity index (χ1v) is 19.2. The highest BCUT2D eigenvalue weighted by Gasteiger charge is 2.52. The maximum Gasteiger partial charge on any atom is 0.350 e. The molecule has 0 aromatic carbocycles. The summed E-state index contributed by atoms with van der Waals surface area (Å²) in [6.45, 7) is 5.80. The van der Waals surface area contributed by atoms with Crippen LogP contribution in [0.1, 0.15) is 83.6 Å². The Morgan fingerprint density at radius 3 is 2.12 bits per heavy atom. The monoisotopic (exact) mass is 747 g/mol. The van der Waals surface area contributed by atoms with Crippen LogP contribution in [0.25, 0.3) is 0 Å². The van der Waals surface area contributed by atoms with Crippen molar-refractivity contribution in [3.8, 4) is 0 Å². The number of aryl methyl sites for hydroxylation is 1. The van der Waals surface area contributed by atoms with Crippen LogP contribution in [0, 0.1) is 6.92 Å². The fourth-order valence-corrected chi connectivity index (χ4v) is 5.93. The minimum atomic E-state index is -3.32. The van der Waals surface area contributed by atoms with Gasteiger partial charge in [0, 0.05) is 37.8 Å². The Morgan fingerprint density at radius 2 is 1.54 bits per heavy atom. The molecule has 1 aromatic heterocycles. The van der Waals surface area contributed by atoms with E-state index in [9.17, 15) is 23.2 Å². The van der Waals surface area contributed by atoms with E-state index < -0.39 is 44.8 Å². The second-order valence-electron chi connectivity index (χ2n) is 11.8. The highest BCUT2D eigenvalue weighted by molar-refractivity contribution is 7.48. The molecule has 1 amide bonds. The molecule has 1 saturated heterocycles. The first kappa shape index (κ1) is 44.6. The van der Waals surface area contributed by atoms with Gasteiger partial charge >= 0.3 is 11.7 Å². The molecule has 0 bridgehead atoms. The first-order valence-electron chi connectivity index (χ1n) is 18.0. The van der Waals surface area contributed by atoms with Gasteiger partial charge in [-0.15, -0.1) is 0 Å². The molecule has 1 aromatic rings. The van der Waals surface area contributed by atoms with E-state index >= 15 is 0 Å². The summed E-state index contributed by atoms with van der Waals surface area (Å²) in [6, 6.07) is 1.46. The van der Waals surface area contributed by atoms with E-state index in [1.807, 2.05) is 12.2 Å². The summed E-state index contributed by atoms with van der Waals surface area (Å²) in [5.74, 6) is -3.93. The van der Waals surface area contributed by atoms with Gasteiger partial charge in [0.25, 0.3) is 5.92 Å². The van der Waals surface area contributed by atoms with E-state index in [1.165, 1.54) is 12.3 Å². The number of ether oxygens (including phenoxy) is 2. The summed E-state index contributed by atoms with van der Waals surface area (Å²) in [5, 5.41) is 8.80. The van der Waals surface area contributed by atoms with Gasteiger partial charge < -0.3 is 19.3 Å². The number of nitrogens with zero attached hydrogens (tertiary/aromatic N) is 2. The molecule has 3 atom stereocenters. The Kier molecular flexibility index (Phi) is 23.2. The maximum absolute atomic E-state index is 14.8. The van der Waals surface area contributed by atoms with E-state index in [1.54, 1.807) is 13.8 Å². The van der Waals surface area contributed by atoms with E-state index in [-0.39, 0.29) is 32.2 Å². The van der Waals surface area contributed by atoms with Gasteiger partial charge in [-0.25, -0.2) is 18.7 Å². The lowest BCUT2D eigenvalue weighted by Gasteiger charge is -2.21. The maximum atomic E-state index is 14.8. The van der Waals surface area contributed by atoms with Crippen LogP contribution in [-0.4, -0.2) is 66.3 Å². The lowest BCUT2D eigenvalue weighted by atomic mass is 10.2. The van der Waals surface area contributed by atoms with Crippen molar-refractivity contribution in [2.45, 2.75) is 96.8 Å². The molecule has 0 radical (unpaired) electrons. The van der Waals surface area contributed by atoms with E-state index in [0.717, 1.165) is 43.1 Å². The molecule has 2 heterocycles. The van der Waals surface area contributed by atoms with Crippen LogP contribution in [0.2, 0.25) is 0 Å².